The molecule has 0 aliphatic heterocycles. The number of carbonyl (C=O) groups is 1. The fraction of sp³-hybridized carbons (Fsp3) is 0.545. The number of methoxy groups -OCH3 is 1. The van der Waals surface area contributed by atoms with Gasteiger partial charge in [0, 0.05) is 11.5 Å². The quantitative estimate of drug-likeness (QED) is 0.784. The van der Waals surface area contributed by atoms with Crippen LogP contribution in [0.4, 0.5) is 5.82 Å². The number of carbonyl (C=O) groups excluding carboxylic acids is 1. The van der Waals surface area contributed by atoms with Gasteiger partial charge in [0.1, 0.15) is 18.7 Å². The number of esters is 1. The molecule has 1 N–H and O–H groups in total. The minimum absolute atomic E-state index is 0.0371. The molecule has 1 aromatic rings. The van der Waals surface area contributed by atoms with Gasteiger partial charge in [-0.25, -0.2) is 9.97 Å². The van der Waals surface area contributed by atoms with Crippen molar-refractivity contribution in [2.24, 2.45) is 0 Å². The second-order valence-corrected chi connectivity index (χ2v) is 4.47. The molecule has 5 heteroatoms. The zero-order chi connectivity index (χ0) is 12.2. The lowest BCUT2D eigenvalue weighted by Gasteiger charge is -2.17. The second kappa shape index (κ2) is 4.92. The Balaban J connectivity index is 2.72. The smallest absolute Gasteiger partial charge is 0.325 e. The minimum Gasteiger partial charge on any atom is -0.468 e. The van der Waals surface area contributed by atoms with E-state index in [0.29, 0.717) is 5.82 Å². The third kappa shape index (κ3) is 3.49. The topological polar surface area (TPSA) is 64.1 Å². The lowest BCUT2D eigenvalue weighted by Crippen LogP contribution is -2.18. The van der Waals surface area contributed by atoms with Crippen LogP contribution < -0.4 is 5.32 Å². The van der Waals surface area contributed by atoms with Gasteiger partial charge in [-0.05, 0) is 0 Å². The Morgan fingerprint density at radius 1 is 1.44 bits per heavy atom. The molecule has 88 valence electrons. The van der Waals surface area contributed by atoms with Crippen LogP contribution in [0.25, 0.3) is 0 Å². The van der Waals surface area contributed by atoms with E-state index in [2.05, 4.69) is 40.8 Å². The minimum atomic E-state index is -0.323. The van der Waals surface area contributed by atoms with Crippen molar-refractivity contribution < 1.29 is 9.53 Å². The molecule has 16 heavy (non-hydrogen) atoms. The van der Waals surface area contributed by atoms with Gasteiger partial charge >= 0.3 is 5.97 Å². The molecule has 0 fully saturated rings. The Hall–Kier alpha value is -1.65. The normalized spacial score (nSPS) is 11.0. The molecule has 1 aromatic heterocycles. The molecule has 0 saturated carbocycles. The van der Waals surface area contributed by atoms with Crippen LogP contribution in [0.15, 0.2) is 12.4 Å². The predicted molar refractivity (Wildman–Crippen MR) is 61.2 cm³/mol. The molecule has 0 aromatic carbocycles. The van der Waals surface area contributed by atoms with E-state index >= 15 is 0 Å². The summed E-state index contributed by atoms with van der Waals surface area (Å²) in [5.41, 5.74) is 0.889. The molecule has 0 spiro atoms. The summed E-state index contributed by atoms with van der Waals surface area (Å²) < 4.78 is 4.52. The van der Waals surface area contributed by atoms with Crippen LogP contribution in [0.3, 0.4) is 0 Å². The van der Waals surface area contributed by atoms with Crippen molar-refractivity contribution in [3.8, 4) is 0 Å². The van der Waals surface area contributed by atoms with Crippen LogP contribution >= 0.6 is 0 Å². The average Bonchev–Trinajstić information content (AvgIpc) is 2.25. The Morgan fingerprint density at radius 3 is 2.69 bits per heavy atom. The number of anilines is 1. The van der Waals surface area contributed by atoms with Crippen LogP contribution in [0.5, 0.6) is 0 Å². The Morgan fingerprint density at radius 2 is 2.12 bits per heavy atom. The van der Waals surface area contributed by atoms with E-state index in [1.807, 2.05) is 6.07 Å². The van der Waals surface area contributed by atoms with E-state index in [-0.39, 0.29) is 17.9 Å². The first kappa shape index (κ1) is 12.4. The van der Waals surface area contributed by atoms with Gasteiger partial charge in [0.25, 0.3) is 0 Å². The van der Waals surface area contributed by atoms with E-state index in [1.54, 1.807) is 0 Å². The van der Waals surface area contributed by atoms with Crippen molar-refractivity contribution in [2.75, 3.05) is 19.0 Å². The number of ether oxygens (including phenoxy) is 1. The van der Waals surface area contributed by atoms with Crippen molar-refractivity contribution >= 4 is 11.8 Å². The summed E-state index contributed by atoms with van der Waals surface area (Å²) in [6, 6.07) is 1.84. The zero-order valence-electron chi connectivity index (χ0n) is 10.1. The maximum atomic E-state index is 10.9. The molecule has 0 amide bonds. The largest absolute Gasteiger partial charge is 0.468 e. The first-order chi connectivity index (χ1) is 7.43. The van der Waals surface area contributed by atoms with Crippen molar-refractivity contribution in [1.82, 2.24) is 9.97 Å². The monoisotopic (exact) mass is 223 g/mol. The van der Waals surface area contributed by atoms with Gasteiger partial charge in [-0.15, -0.1) is 0 Å². The van der Waals surface area contributed by atoms with Crippen molar-refractivity contribution in [1.29, 1.82) is 0 Å². The third-order valence-electron chi connectivity index (χ3n) is 2.08. The SMILES string of the molecule is COC(=O)CNc1cc(C(C)(C)C)ncn1. The summed E-state index contributed by atoms with van der Waals surface area (Å²) in [7, 11) is 1.35. The molecule has 5 nitrogen and oxygen atoms in total. The van der Waals surface area contributed by atoms with Gasteiger partial charge in [0.15, 0.2) is 0 Å². The number of hydrogen-bond donors (Lipinski definition) is 1. The molecular weight excluding hydrogens is 206 g/mol. The zero-order valence-corrected chi connectivity index (χ0v) is 10.1. The predicted octanol–water partition coefficient (Wildman–Crippen LogP) is 1.36. The first-order valence-electron chi connectivity index (χ1n) is 5.06. The Bertz CT molecular complexity index is 372. The molecule has 0 aliphatic rings. The number of nitrogens with zero attached hydrogens (tertiary/aromatic N) is 2. The molecule has 1 heterocycles. The summed E-state index contributed by atoms with van der Waals surface area (Å²) in [4.78, 5) is 19.2. The van der Waals surface area contributed by atoms with Gasteiger partial charge in [0.05, 0.1) is 12.8 Å². The number of hydrogen-bond acceptors (Lipinski definition) is 5. The summed E-state index contributed by atoms with van der Waals surface area (Å²) >= 11 is 0. The first-order valence-corrected chi connectivity index (χ1v) is 5.06. The van der Waals surface area contributed by atoms with E-state index in [4.69, 9.17) is 0 Å². The maximum absolute atomic E-state index is 10.9. The highest BCUT2D eigenvalue weighted by atomic mass is 16.5. The van der Waals surface area contributed by atoms with Crippen LogP contribution in [0.2, 0.25) is 0 Å². The highest BCUT2D eigenvalue weighted by Gasteiger charge is 2.16. The maximum Gasteiger partial charge on any atom is 0.325 e. The number of nitrogens with one attached hydrogen (secondary N) is 1. The second-order valence-electron chi connectivity index (χ2n) is 4.47. The van der Waals surface area contributed by atoms with Crippen molar-refractivity contribution in [3.63, 3.8) is 0 Å². The van der Waals surface area contributed by atoms with E-state index < -0.39 is 0 Å². The van der Waals surface area contributed by atoms with E-state index in [1.165, 1.54) is 13.4 Å². The number of rotatable bonds is 3. The average molecular weight is 223 g/mol. The van der Waals surface area contributed by atoms with Gasteiger partial charge in [0.2, 0.25) is 0 Å². The molecular formula is C11H17N3O2. The van der Waals surface area contributed by atoms with E-state index in [9.17, 15) is 4.79 Å². The molecule has 1 rings (SSSR count). The third-order valence-corrected chi connectivity index (χ3v) is 2.08. The van der Waals surface area contributed by atoms with Crippen LogP contribution in [0.1, 0.15) is 26.5 Å². The fourth-order valence-electron chi connectivity index (χ4n) is 1.10. The summed E-state index contributed by atoms with van der Waals surface area (Å²) in [6.07, 6.45) is 1.49. The molecule has 0 atom stereocenters. The van der Waals surface area contributed by atoms with Gasteiger partial charge in [-0.3, -0.25) is 4.79 Å². The molecule has 0 saturated heterocycles. The molecule has 0 bridgehead atoms. The lowest BCUT2D eigenvalue weighted by molar-refractivity contribution is -0.138. The molecule has 0 radical (unpaired) electrons. The van der Waals surface area contributed by atoms with Crippen LogP contribution in [-0.2, 0) is 14.9 Å². The van der Waals surface area contributed by atoms with Crippen LogP contribution in [0, 0.1) is 0 Å². The molecule has 0 aliphatic carbocycles. The van der Waals surface area contributed by atoms with E-state index in [0.717, 1.165) is 5.69 Å². The van der Waals surface area contributed by atoms with Crippen molar-refractivity contribution in [2.45, 2.75) is 26.2 Å². The lowest BCUT2D eigenvalue weighted by atomic mass is 9.92. The standard InChI is InChI=1S/C11H17N3O2/c1-11(2,3)8-5-9(14-7-13-8)12-6-10(15)16-4/h5,7H,6H2,1-4H3,(H,12,13,14). The summed E-state index contributed by atoms with van der Waals surface area (Å²) in [5, 5.41) is 2.88. The molecule has 0 unspecified atom stereocenters. The Labute approximate surface area is 95.3 Å². The Kier molecular flexibility index (Phi) is 3.82. The summed E-state index contributed by atoms with van der Waals surface area (Å²) in [6.45, 7) is 6.31. The highest BCUT2D eigenvalue weighted by Crippen LogP contribution is 2.20. The number of aromatic nitrogens is 2. The van der Waals surface area contributed by atoms with Gasteiger partial charge in [-0.1, -0.05) is 20.8 Å². The van der Waals surface area contributed by atoms with Crippen molar-refractivity contribution in [3.05, 3.63) is 18.1 Å². The van der Waals surface area contributed by atoms with Crippen LogP contribution in [-0.4, -0.2) is 29.6 Å². The van der Waals surface area contributed by atoms with Gasteiger partial charge < -0.3 is 10.1 Å². The fourth-order valence-corrected chi connectivity index (χ4v) is 1.10. The van der Waals surface area contributed by atoms with Gasteiger partial charge in [-0.2, -0.15) is 0 Å². The summed E-state index contributed by atoms with van der Waals surface area (Å²) in [5.74, 6) is 0.307. The highest BCUT2D eigenvalue weighted by molar-refractivity contribution is 5.74.